The van der Waals surface area contributed by atoms with Crippen molar-refractivity contribution in [2.45, 2.75) is 32.2 Å². The molecule has 0 fully saturated rings. The molecule has 0 amide bonds. The zero-order valence-corrected chi connectivity index (χ0v) is 15.3. The van der Waals surface area contributed by atoms with Gasteiger partial charge in [-0.25, -0.2) is 0 Å². The molecule has 4 heteroatoms. The molecule has 1 N–H and O–H groups in total. The third-order valence-corrected chi connectivity index (χ3v) is 5.08. The molecular formula is C22H24N2O2. The molecule has 0 radical (unpaired) electrons. The van der Waals surface area contributed by atoms with Gasteiger partial charge in [-0.2, -0.15) is 0 Å². The number of nitrogens with zero attached hydrogens (tertiary/aromatic N) is 1. The van der Waals surface area contributed by atoms with Gasteiger partial charge in [-0.1, -0.05) is 30.3 Å². The molecule has 2 aromatic carbocycles. The summed E-state index contributed by atoms with van der Waals surface area (Å²) in [5.74, 6) is 1.46. The molecule has 4 rings (SSSR count). The van der Waals surface area contributed by atoms with E-state index in [1.165, 1.54) is 35.3 Å². The number of aromatic nitrogens is 1. The van der Waals surface area contributed by atoms with Crippen molar-refractivity contribution in [1.29, 1.82) is 0 Å². The molecule has 0 spiro atoms. The number of methoxy groups -OCH3 is 2. The SMILES string of the molecule is COc1cc2nc3c(c(NCc4ccccc4)c2cc1OC)CCCC3. The normalized spacial score (nSPS) is 13.3. The Morgan fingerprint density at radius 2 is 1.69 bits per heavy atom. The van der Waals surface area contributed by atoms with Gasteiger partial charge in [-0.3, -0.25) is 4.98 Å². The van der Waals surface area contributed by atoms with E-state index in [-0.39, 0.29) is 0 Å². The molecule has 0 saturated heterocycles. The molecule has 1 aliphatic carbocycles. The second-order valence-electron chi connectivity index (χ2n) is 6.68. The van der Waals surface area contributed by atoms with E-state index >= 15 is 0 Å². The number of rotatable bonds is 5. The molecule has 26 heavy (non-hydrogen) atoms. The zero-order chi connectivity index (χ0) is 17.9. The fourth-order valence-corrected chi connectivity index (χ4v) is 3.74. The number of fused-ring (bicyclic) bond motifs is 2. The minimum absolute atomic E-state index is 0.720. The van der Waals surface area contributed by atoms with Crippen molar-refractivity contribution < 1.29 is 9.47 Å². The lowest BCUT2D eigenvalue weighted by atomic mass is 9.92. The number of pyridine rings is 1. The van der Waals surface area contributed by atoms with Crippen LogP contribution in [0.2, 0.25) is 0 Å². The molecular weight excluding hydrogens is 324 g/mol. The third kappa shape index (κ3) is 3.07. The van der Waals surface area contributed by atoms with Crippen LogP contribution in [0.25, 0.3) is 10.9 Å². The fourth-order valence-electron chi connectivity index (χ4n) is 3.74. The predicted octanol–water partition coefficient (Wildman–Crippen LogP) is 4.74. The molecule has 0 unspecified atom stereocenters. The van der Waals surface area contributed by atoms with Gasteiger partial charge in [0.25, 0.3) is 0 Å². The minimum Gasteiger partial charge on any atom is -0.493 e. The standard InChI is InChI=1S/C22H24N2O2/c1-25-20-12-17-19(13-21(20)26-2)24-18-11-7-6-10-16(18)22(17)23-14-15-8-4-3-5-9-15/h3-5,8-9,12-13H,6-7,10-11,14H2,1-2H3,(H,23,24). The van der Waals surface area contributed by atoms with E-state index in [2.05, 4.69) is 29.6 Å². The summed E-state index contributed by atoms with van der Waals surface area (Å²) in [5.41, 5.74) is 5.98. The summed E-state index contributed by atoms with van der Waals surface area (Å²) in [5, 5.41) is 4.78. The van der Waals surface area contributed by atoms with Gasteiger partial charge in [0.15, 0.2) is 11.5 Å². The van der Waals surface area contributed by atoms with Crippen molar-refractivity contribution in [2.24, 2.45) is 0 Å². The molecule has 0 atom stereocenters. The summed E-state index contributed by atoms with van der Waals surface area (Å²) in [6.45, 7) is 0.792. The Morgan fingerprint density at radius 1 is 0.962 bits per heavy atom. The molecule has 4 nitrogen and oxygen atoms in total. The Morgan fingerprint density at radius 3 is 2.46 bits per heavy atom. The summed E-state index contributed by atoms with van der Waals surface area (Å²) in [6.07, 6.45) is 4.54. The van der Waals surface area contributed by atoms with Crippen LogP contribution in [0.3, 0.4) is 0 Å². The van der Waals surface area contributed by atoms with Crippen LogP contribution in [0.5, 0.6) is 11.5 Å². The van der Waals surface area contributed by atoms with Gasteiger partial charge in [0, 0.05) is 29.4 Å². The van der Waals surface area contributed by atoms with Crippen LogP contribution in [-0.2, 0) is 19.4 Å². The minimum atomic E-state index is 0.720. The van der Waals surface area contributed by atoms with Gasteiger partial charge in [0.1, 0.15) is 0 Å². The fraction of sp³-hybridized carbons (Fsp3) is 0.318. The van der Waals surface area contributed by atoms with Crippen molar-refractivity contribution in [3.8, 4) is 11.5 Å². The van der Waals surface area contributed by atoms with Crippen LogP contribution >= 0.6 is 0 Å². The molecule has 1 aliphatic rings. The third-order valence-electron chi connectivity index (χ3n) is 5.08. The number of aryl methyl sites for hydroxylation is 1. The average molecular weight is 348 g/mol. The van der Waals surface area contributed by atoms with E-state index in [0.29, 0.717) is 0 Å². The number of anilines is 1. The lowest BCUT2D eigenvalue weighted by molar-refractivity contribution is 0.356. The van der Waals surface area contributed by atoms with Crippen molar-refractivity contribution in [2.75, 3.05) is 19.5 Å². The largest absolute Gasteiger partial charge is 0.493 e. The van der Waals surface area contributed by atoms with E-state index < -0.39 is 0 Å². The first-order valence-electron chi connectivity index (χ1n) is 9.15. The smallest absolute Gasteiger partial charge is 0.162 e. The first kappa shape index (κ1) is 16.7. The Hall–Kier alpha value is -2.75. The number of hydrogen-bond acceptors (Lipinski definition) is 4. The molecule has 1 aromatic heterocycles. The second-order valence-corrected chi connectivity index (χ2v) is 6.68. The van der Waals surface area contributed by atoms with E-state index in [9.17, 15) is 0 Å². The first-order chi connectivity index (χ1) is 12.8. The van der Waals surface area contributed by atoms with E-state index in [1.807, 2.05) is 18.2 Å². The molecule has 3 aromatic rings. The number of hydrogen-bond donors (Lipinski definition) is 1. The Labute approximate surface area is 154 Å². The first-order valence-corrected chi connectivity index (χ1v) is 9.15. The highest BCUT2D eigenvalue weighted by molar-refractivity contribution is 5.95. The van der Waals surface area contributed by atoms with Crippen LogP contribution in [0, 0.1) is 0 Å². The van der Waals surface area contributed by atoms with Gasteiger partial charge in [-0.05, 0) is 42.9 Å². The van der Waals surface area contributed by atoms with E-state index in [4.69, 9.17) is 14.5 Å². The quantitative estimate of drug-likeness (QED) is 0.723. The van der Waals surface area contributed by atoms with Gasteiger partial charge >= 0.3 is 0 Å². The van der Waals surface area contributed by atoms with Crippen LogP contribution in [0.15, 0.2) is 42.5 Å². The Balaban J connectivity index is 1.84. The van der Waals surface area contributed by atoms with E-state index in [0.717, 1.165) is 41.8 Å². The molecule has 134 valence electrons. The monoisotopic (exact) mass is 348 g/mol. The van der Waals surface area contributed by atoms with Gasteiger partial charge in [0.2, 0.25) is 0 Å². The molecule has 1 heterocycles. The molecule has 0 bridgehead atoms. The maximum atomic E-state index is 5.53. The van der Waals surface area contributed by atoms with Gasteiger partial charge in [-0.15, -0.1) is 0 Å². The molecule has 0 aliphatic heterocycles. The summed E-state index contributed by atoms with van der Waals surface area (Å²) < 4.78 is 11.0. The molecule has 0 saturated carbocycles. The summed E-state index contributed by atoms with van der Waals surface area (Å²) >= 11 is 0. The lowest BCUT2D eigenvalue weighted by Crippen LogP contribution is -2.11. The number of benzene rings is 2. The second kappa shape index (κ2) is 7.24. The Bertz CT molecular complexity index is 917. The van der Waals surface area contributed by atoms with Crippen LogP contribution in [0.4, 0.5) is 5.69 Å². The zero-order valence-electron chi connectivity index (χ0n) is 15.3. The topological polar surface area (TPSA) is 43.4 Å². The number of nitrogens with one attached hydrogen (secondary N) is 1. The maximum Gasteiger partial charge on any atom is 0.162 e. The lowest BCUT2D eigenvalue weighted by Gasteiger charge is -2.22. The Kier molecular flexibility index (Phi) is 4.65. The summed E-state index contributed by atoms with van der Waals surface area (Å²) in [4.78, 5) is 4.94. The van der Waals surface area contributed by atoms with E-state index in [1.54, 1.807) is 14.2 Å². The van der Waals surface area contributed by atoms with Crippen LogP contribution < -0.4 is 14.8 Å². The summed E-state index contributed by atoms with van der Waals surface area (Å²) in [7, 11) is 3.34. The highest BCUT2D eigenvalue weighted by atomic mass is 16.5. The average Bonchev–Trinajstić information content (AvgIpc) is 2.70. The van der Waals surface area contributed by atoms with Crippen LogP contribution in [-0.4, -0.2) is 19.2 Å². The van der Waals surface area contributed by atoms with Crippen molar-refractivity contribution in [3.63, 3.8) is 0 Å². The van der Waals surface area contributed by atoms with Crippen molar-refractivity contribution >= 4 is 16.6 Å². The predicted molar refractivity (Wildman–Crippen MR) is 105 cm³/mol. The highest BCUT2D eigenvalue weighted by Gasteiger charge is 2.20. The maximum absolute atomic E-state index is 5.53. The van der Waals surface area contributed by atoms with Crippen molar-refractivity contribution in [3.05, 3.63) is 59.3 Å². The van der Waals surface area contributed by atoms with Gasteiger partial charge < -0.3 is 14.8 Å². The van der Waals surface area contributed by atoms with Crippen LogP contribution in [0.1, 0.15) is 29.7 Å². The number of ether oxygens (including phenoxy) is 2. The highest BCUT2D eigenvalue weighted by Crippen LogP contribution is 2.39. The van der Waals surface area contributed by atoms with Crippen molar-refractivity contribution in [1.82, 2.24) is 4.98 Å². The van der Waals surface area contributed by atoms with Gasteiger partial charge in [0.05, 0.1) is 19.7 Å². The summed E-state index contributed by atoms with van der Waals surface area (Å²) in [6, 6.07) is 14.5.